The van der Waals surface area contributed by atoms with Crippen molar-refractivity contribution in [1.82, 2.24) is 4.72 Å². The third-order valence-corrected chi connectivity index (χ3v) is 2.92. The van der Waals surface area contributed by atoms with Crippen molar-refractivity contribution in [2.24, 2.45) is 0 Å². The van der Waals surface area contributed by atoms with Gasteiger partial charge in [0, 0.05) is 11.4 Å². The molecule has 2 unspecified atom stereocenters. The molecule has 0 aliphatic heterocycles. The molecule has 2 atom stereocenters. The van der Waals surface area contributed by atoms with Crippen molar-refractivity contribution in [2.45, 2.75) is 38.0 Å². The third-order valence-electron chi connectivity index (χ3n) is 1.32. The van der Waals surface area contributed by atoms with Crippen LogP contribution in [0.2, 0.25) is 0 Å². The van der Waals surface area contributed by atoms with Gasteiger partial charge in [0.1, 0.15) is 10.8 Å². The zero-order valence-electron chi connectivity index (χ0n) is 8.01. The molecule has 0 spiro atoms. The molecule has 2 nitrogen and oxygen atoms in total. The predicted molar refractivity (Wildman–Crippen MR) is 51.0 cm³/mol. The molecule has 0 aliphatic carbocycles. The minimum atomic E-state index is -2.58. The van der Waals surface area contributed by atoms with Gasteiger partial charge in [-0.3, -0.25) is 0 Å². The lowest BCUT2D eigenvalue weighted by molar-refractivity contribution is 0.127. The molecule has 5 heteroatoms. The van der Waals surface area contributed by atoms with Crippen LogP contribution in [-0.2, 0) is 11.4 Å². The first-order valence-electron chi connectivity index (χ1n) is 3.87. The highest BCUT2D eigenvalue weighted by Crippen LogP contribution is 2.15. The molecule has 1 N–H and O–H groups in total. The summed E-state index contributed by atoms with van der Waals surface area (Å²) >= 11 is -1.49. The molecule has 13 heavy (non-hydrogen) atoms. The maximum Gasteiger partial charge on any atom is 0.261 e. The van der Waals surface area contributed by atoms with E-state index in [1.54, 1.807) is 20.8 Å². The van der Waals surface area contributed by atoms with E-state index in [4.69, 9.17) is 0 Å². The van der Waals surface area contributed by atoms with Crippen LogP contribution in [0, 0.1) is 0 Å². The lowest BCUT2D eigenvalue weighted by atomic mass is 10.3. The lowest BCUT2D eigenvalue weighted by Crippen LogP contribution is -2.46. The Morgan fingerprint density at radius 1 is 1.46 bits per heavy atom. The van der Waals surface area contributed by atoms with Gasteiger partial charge in [-0.05, 0) is 20.8 Å². The second-order valence-corrected chi connectivity index (χ2v) is 5.59. The highest BCUT2D eigenvalue weighted by atomic mass is 32.2. The van der Waals surface area contributed by atoms with Gasteiger partial charge in [0.2, 0.25) is 0 Å². The summed E-state index contributed by atoms with van der Waals surface area (Å²) in [7, 11) is 0. The Balaban J connectivity index is 4.17. The number of alkyl halides is 2. The second-order valence-electron chi connectivity index (χ2n) is 3.59. The molecular formula is C8H15F2NOS. The summed E-state index contributed by atoms with van der Waals surface area (Å²) < 4.78 is 37.5. The van der Waals surface area contributed by atoms with Crippen molar-refractivity contribution < 1.29 is 13.3 Å². The van der Waals surface area contributed by atoms with Crippen LogP contribution in [0.1, 0.15) is 20.8 Å². The van der Waals surface area contributed by atoms with Gasteiger partial charge in [-0.25, -0.2) is 8.78 Å². The van der Waals surface area contributed by atoms with Crippen molar-refractivity contribution in [1.29, 1.82) is 0 Å². The van der Waals surface area contributed by atoms with Gasteiger partial charge in [-0.1, -0.05) is 6.08 Å². The van der Waals surface area contributed by atoms with E-state index in [9.17, 15) is 13.3 Å². The number of rotatable bonds is 4. The van der Waals surface area contributed by atoms with Gasteiger partial charge in [-0.2, -0.15) is 0 Å². The molecule has 0 aromatic heterocycles. The van der Waals surface area contributed by atoms with Crippen LogP contribution < -0.4 is 4.72 Å². The van der Waals surface area contributed by atoms with Crippen LogP contribution in [-0.4, -0.2) is 21.8 Å². The minimum Gasteiger partial charge on any atom is -0.598 e. The van der Waals surface area contributed by atoms with Crippen molar-refractivity contribution in [3.8, 4) is 0 Å². The smallest absolute Gasteiger partial charge is 0.261 e. The molecular weight excluding hydrogens is 196 g/mol. The topological polar surface area (TPSA) is 35.1 Å². The number of nitrogens with one attached hydrogen (secondary N) is 1. The molecule has 0 aliphatic rings. The molecule has 0 amide bonds. The normalized spacial score (nSPS) is 17.2. The first kappa shape index (κ1) is 12.9. The Hall–Kier alpha value is -0.130. The average Bonchev–Trinajstić information content (AvgIpc) is 1.96. The van der Waals surface area contributed by atoms with Gasteiger partial charge in [0.15, 0.2) is 0 Å². The Kier molecular flexibility index (Phi) is 4.88. The van der Waals surface area contributed by atoms with Gasteiger partial charge in [-0.15, -0.1) is 11.3 Å². The lowest BCUT2D eigenvalue weighted by Gasteiger charge is -2.26. The molecule has 0 aromatic carbocycles. The van der Waals surface area contributed by atoms with Crippen LogP contribution in [0.4, 0.5) is 8.78 Å². The van der Waals surface area contributed by atoms with Crippen molar-refractivity contribution in [3.63, 3.8) is 0 Å². The fourth-order valence-corrected chi connectivity index (χ4v) is 1.30. The molecule has 0 heterocycles. The minimum absolute atomic E-state index is 0.545. The fraction of sp³-hybridized carbons (Fsp3) is 0.750. The van der Waals surface area contributed by atoms with E-state index in [2.05, 4.69) is 11.3 Å². The average molecular weight is 211 g/mol. The van der Waals surface area contributed by atoms with E-state index in [0.717, 1.165) is 6.08 Å². The van der Waals surface area contributed by atoms with Crippen LogP contribution in [0.15, 0.2) is 12.7 Å². The van der Waals surface area contributed by atoms with E-state index >= 15 is 0 Å². The van der Waals surface area contributed by atoms with Crippen LogP contribution in [0.3, 0.4) is 0 Å². The highest BCUT2D eigenvalue weighted by molar-refractivity contribution is 7.90. The molecule has 0 aromatic rings. The monoisotopic (exact) mass is 211 g/mol. The Morgan fingerprint density at radius 3 is 2.15 bits per heavy atom. The zero-order chi connectivity index (χ0) is 10.6. The molecule has 0 radical (unpaired) electrons. The van der Waals surface area contributed by atoms with Gasteiger partial charge in [0.25, 0.3) is 6.43 Å². The molecule has 0 saturated heterocycles. The SMILES string of the molecule is C=CC(N[S+]([O-])C(C)(C)C)C(F)F. The quantitative estimate of drug-likeness (QED) is 0.569. The van der Waals surface area contributed by atoms with Crippen LogP contribution in [0.5, 0.6) is 0 Å². The molecule has 0 fully saturated rings. The number of hydrogen-bond donors (Lipinski definition) is 1. The fourth-order valence-electron chi connectivity index (χ4n) is 0.503. The summed E-state index contributed by atoms with van der Waals surface area (Å²) in [4.78, 5) is 0. The first-order valence-corrected chi connectivity index (χ1v) is 5.02. The van der Waals surface area contributed by atoms with E-state index in [1.807, 2.05) is 0 Å². The third kappa shape index (κ3) is 4.59. The van der Waals surface area contributed by atoms with Crippen molar-refractivity contribution >= 4 is 11.4 Å². The second kappa shape index (κ2) is 4.93. The van der Waals surface area contributed by atoms with Crippen LogP contribution in [0.25, 0.3) is 0 Å². The van der Waals surface area contributed by atoms with Gasteiger partial charge in [0.05, 0.1) is 0 Å². The van der Waals surface area contributed by atoms with Crippen molar-refractivity contribution in [2.75, 3.05) is 0 Å². The van der Waals surface area contributed by atoms with E-state index in [-0.39, 0.29) is 0 Å². The molecule has 0 saturated carbocycles. The Bertz CT molecular complexity index is 170. The largest absolute Gasteiger partial charge is 0.598 e. The first-order chi connectivity index (χ1) is 5.79. The molecule has 78 valence electrons. The van der Waals surface area contributed by atoms with Crippen LogP contribution >= 0.6 is 0 Å². The highest BCUT2D eigenvalue weighted by Gasteiger charge is 2.31. The summed E-state index contributed by atoms with van der Waals surface area (Å²) in [6.45, 7) is 8.37. The van der Waals surface area contributed by atoms with E-state index in [1.165, 1.54) is 0 Å². The standard InChI is InChI=1S/C8H15F2NOS/c1-5-6(7(9)10)11-13(12)8(2,3)4/h5-7,11H,1H2,2-4H3. The van der Waals surface area contributed by atoms with Gasteiger partial charge >= 0.3 is 0 Å². The Labute approximate surface area is 80.7 Å². The summed E-state index contributed by atoms with van der Waals surface area (Å²) in [5.74, 6) is 0. The number of halogens is 2. The van der Waals surface area contributed by atoms with Crippen molar-refractivity contribution in [3.05, 3.63) is 12.7 Å². The molecule has 0 rings (SSSR count). The van der Waals surface area contributed by atoms with E-state index < -0.39 is 28.6 Å². The van der Waals surface area contributed by atoms with E-state index in [0.29, 0.717) is 0 Å². The zero-order valence-corrected chi connectivity index (χ0v) is 8.83. The predicted octanol–water partition coefficient (Wildman–Crippen LogP) is 1.86. The maximum absolute atomic E-state index is 12.2. The summed E-state index contributed by atoms with van der Waals surface area (Å²) in [5.41, 5.74) is 0. The maximum atomic E-state index is 12.2. The molecule has 0 bridgehead atoms. The Morgan fingerprint density at radius 2 is 1.92 bits per heavy atom. The summed E-state index contributed by atoms with van der Waals surface area (Å²) in [5, 5.41) is 0. The number of hydrogen-bond acceptors (Lipinski definition) is 2. The van der Waals surface area contributed by atoms with Gasteiger partial charge < -0.3 is 4.55 Å². The summed E-state index contributed by atoms with van der Waals surface area (Å²) in [6.07, 6.45) is -1.52. The summed E-state index contributed by atoms with van der Waals surface area (Å²) in [6, 6.07) is -1.21.